The summed E-state index contributed by atoms with van der Waals surface area (Å²) in [5.41, 5.74) is -0.277. The molecule has 2 atom stereocenters. The minimum Gasteiger partial charge on any atom is -0.497 e. The number of likely N-dealkylation sites (tertiary alicyclic amines) is 1. The van der Waals surface area contributed by atoms with E-state index in [1.807, 2.05) is 4.90 Å². The molecular weight excluding hydrogens is 458 g/mol. The number of benzene rings is 2. The first-order valence-electron chi connectivity index (χ1n) is 12.7. The van der Waals surface area contributed by atoms with E-state index in [9.17, 15) is 14.4 Å². The predicted molar refractivity (Wildman–Crippen MR) is 134 cm³/mol. The fourth-order valence-corrected chi connectivity index (χ4v) is 6.02. The Morgan fingerprint density at radius 3 is 2.00 bits per heavy atom. The van der Waals surface area contributed by atoms with Gasteiger partial charge in [0.15, 0.2) is 5.54 Å². The summed E-state index contributed by atoms with van der Waals surface area (Å²) in [5.74, 6) is 1.85. The summed E-state index contributed by atoms with van der Waals surface area (Å²) in [4.78, 5) is 43.4. The molecule has 1 N–H and O–H groups in total. The van der Waals surface area contributed by atoms with E-state index in [1.54, 1.807) is 62.8 Å². The van der Waals surface area contributed by atoms with Crippen molar-refractivity contribution in [2.75, 3.05) is 33.9 Å². The van der Waals surface area contributed by atoms with Crippen molar-refractivity contribution in [1.29, 1.82) is 0 Å². The summed E-state index contributed by atoms with van der Waals surface area (Å²) < 4.78 is 10.6. The second-order valence-corrected chi connectivity index (χ2v) is 9.96. The Morgan fingerprint density at radius 2 is 1.44 bits per heavy atom. The Hall–Kier alpha value is -3.55. The average molecular weight is 492 g/mol. The van der Waals surface area contributed by atoms with Crippen molar-refractivity contribution in [3.05, 3.63) is 59.7 Å². The van der Waals surface area contributed by atoms with Gasteiger partial charge in [-0.15, -0.1) is 0 Å². The number of rotatable bonds is 6. The van der Waals surface area contributed by atoms with Crippen LogP contribution in [-0.2, 0) is 15.1 Å². The van der Waals surface area contributed by atoms with Crippen molar-refractivity contribution in [2.45, 2.75) is 37.6 Å². The van der Waals surface area contributed by atoms with E-state index in [1.165, 1.54) is 19.3 Å². The molecule has 0 unspecified atom stereocenters. The predicted octanol–water partition coefficient (Wildman–Crippen LogP) is 3.54. The smallest absolute Gasteiger partial charge is 0.326 e. The highest BCUT2D eigenvalue weighted by Gasteiger charge is 2.54. The van der Waals surface area contributed by atoms with Crippen LogP contribution in [0.25, 0.3) is 0 Å². The van der Waals surface area contributed by atoms with E-state index in [2.05, 4.69) is 5.32 Å². The Bertz CT molecular complexity index is 1080. The van der Waals surface area contributed by atoms with Gasteiger partial charge in [0, 0.05) is 13.1 Å². The number of fused-ring (bicyclic) bond motifs is 1. The van der Waals surface area contributed by atoms with Crippen molar-refractivity contribution in [2.24, 2.45) is 11.8 Å². The molecule has 36 heavy (non-hydrogen) atoms. The van der Waals surface area contributed by atoms with Gasteiger partial charge in [-0.3, -0.25) is 14.5 Å². The Labute approximate surface area is 211 Å². The maximum Gasteiger partial charge on any atom is 0.326 e. The van der Waals surface area contributed by atoms with Gasteiger partial charge in [0.25, 0.3) is 5.91 Å². The lowest BCUT2D eigenvalue weighted by atomic mass is 9.75. The van der Waals surface area contributed by atoms with E-state index < -0.39 is 17.5 Å². The fourth-order valence-electron chi connectivity index (χ4n) is 6.02. The van der Waals surface area contributed by atoms with Crippen LogP contribution in [0.5, 0.6) is 11.5 Å². The lowest BCUT2D eigenvalue weighted by molar-refractivity contribution is -0.140. The molecule has 2 heterocycles. The number of piperidine rings is 1. The molecule has 0 bridgehead atoms. The van der Waals surface area contributed by atoms with Gasteiger partial charge in [-0.1, -0.05) is 43.5 Å². The first-order chi connectivity index (χ1) is 17.5. The second-order valence-electron chi connectivity index (χ2n) is 9.96. The molecule has 5 rings (SSSR count). The number of hydrogen-bond acceptors (Lipinski definition) is 5. The lowest BCUT2D eigenvalue weighted by Crippen LogP contribution is -2.50. The monoisotopic (exact) mass is 491 g/mol. The molecule has 2 aromatic carbocycles. The molecule has 3 aliphatic rings. The zero-order valence-corrected chi connectivity index (χ0v) is 20.9. The highest BCUT2D eigenvalue weighted by atomic mass is 16.5. The van der Waals surface area contributed by atoms with E-state index in [0.29, 0.717) is 41.0 Å². The molecule has 8 nitrogen and oxygen atoms in total. The molecule has 2 aliphatic heterocycles. The summed E-state index contributed by atoms with van der Waals surface area (Å²) >= 11 is 0. The molecule has 0 aromatic heterocycles. The molecule has 1 aliphatic carbocycles. The Kier molecular flexibility index (Phi) is 6.60. The van der Waals surface area contributed by atoms with Crippen LogP contribution in [0.3, 0.4) is 0 Å². The van der Waals surface area contributed by atoms with Crippen molar-refractivity contribution >= 4 is 17.8 Å². The van der Waals surface area contributed by atoms with Gasteiger partial charge in [0.05, 0.1) is 14.2 Å². The molecule has 2 aromatic rings. The van der Waals surface area contributed by atoms with Crippen LogP contribution < -0.4 is 14.8 Å². The maximum absolute atomic E-state index is 14.0. The number of carbonyl (C=O) groups is 3. The Morgan fingerprint density at radius 1 is 0.889 bits per heavy atom. The van der Waals surface area contributed by atoms with Gasteiger partial charge in [0.1, 0.15) is 18.0 Å². The zero-order chi connectivity index (χ0) is 25.3. The van der Waals surface area contributed by atoms with Gasteiger partial charge in [-0.2, -0.15) is 0 Å². The van der Waals surface area contributed by atoms with Crippen LogP contribution in [-0.4, -0.2) is 61.5 Å². The van der Waals surface area contributed by atoms with E-state index in [4.69, 9.17) is 9.47 Å². The fraction of sp³-hybridized carbons (Fsp3) is 0.464. The third-order valence-corrected chi connectivity index (χ3v) is 8.09. The largest absolute Gasteiger partial charge is 0.497 e. The van der Waals surface area contributed by atoms with Crippen LogP contribution >= 0.6 is 0 Å². The Balaban J connectivity index is 1.42. The molecule has 4 amide bonds. The minimum atomic E-state index is -1.45. The third kappa shape index (κ3) is 4.18. The number of nitrogens with one attached hydrogen (secondary N) is 1. The SMILES string of the molecule is COc1ccc(C2(c3ccc(OC)cc3)NC(=O)N(CC(=O)N3CC[C@H]4CCCC[C@@H]4C3)C2=O)cc1. The molecule has 3 fully saturated rings. The molecule has 8 heteroatoms. The summed E-state index contributed by atoms with van der Waals surface area (Å²) in [6.45, 7) is 1.14. The topological polar surface area (TPSA) is 88.2 Å². The van der Waals surface area contributed by atoms with Crippen molar-refractivity contribution in [3.8, 4) is 11.5 Å². The first-order valence-corrected chi connectivity index (χ1v) is 12.7. The quantitative estimate of drug-likeness (QED) is 0.625. The van der Waals surface area contributed by atoms with Crippen LogP contribution in [0, 0.1) is 11.8 Å². The first kappa shape index (κ1) is 24.2. The highest BCUT2D eigenvalue weighted by Crippen LogP contribution is 2.39. The molecule has 0 radical (unpaired) electrons. The van der Waals surface area contributed by atoms with E-state index in [-0.39, 0.29) is 12.5 Å². The van der Waals surface area contributed by atoms with Gasteiger partial charge >= 0.3 is 6.03 Å². The standard InChI is InChI=1S/C28H33N3O5/c1-35-23-11-7-21(8-12-23)28(22-9-13-24(36-2)14-10-22)26(33)31(27(34)29-28)18-25(32)30-16-15-19-5-3-4-6-20(19)17-30/h7-14,19-20H,3-6,15-18H2,1-2H3,(H,29,34)/t19-,20-/m1/s1. The van der Waals surface area contributed by atoms with Crippen LogP contribution in [0.4, 0.5) is 4.79 Å². The van der Waals surface area contributed by atoms with Crippen LogP contribution in [0.1, 0.15) is 43.2 Å². The number of amides is 4. The van der Waals surface area contributed by atoms with Crippen molar-refractivity contribution < 1.29 is 23.9 Å². The molecule has 190 valence electrons. The maximum atomic E-state index is 14.0. The summed E-state index contributed by atoms with van der Waals surface area (Å²) in [7, 11) is 3.14. The van der Waals surface area contributed by atoms with E-state index in [0.717, 1.165) is 24.3 Å². The highest BCUT2D eigenvalue weighted by molar-refractivity contribution is 6.11. The molecular formula is C28H33N3O5. The molecule has 0 spiro atoms. The van der Waals surface area contributed by atoms with Gasteiger partial charge in [-0.05, 0) is 60.1 Å². The van der Waals surface area contributed by atoms with Gasteiger partial charge < -0.3 is 19.7 Å². The van der Waals surface area contributed by atoms with Crippen LogP contribution in [0.15, 0.2) is 48.5 Å². The number of nitrogens with zero attached hydrogens (tertiary/aromatic N) is 2. The summed E-state index contributed by atoms with van der Waals surface area (Å²) in [6.07, 6.45) is 5.87. The number of carbonyl (C=O) groups excluding carboxylic acids is 3. The average Bonchev–Trinajstić information content (AvgIpc) is 3.18. The second kappa shape index (κ2) is 9.84. The van der Waals surface area contributed by atoms with Gasteiger partial charge in [-0.25, -0.2) is 4.79 Å². The molecule has 1 saturated carbocycles. The summed E-state index contributed by atoms with van der Waals surface area (Å²) in [6, 6.07) is 13.5. The summed E-state index contributed by atoms with van der Waals surface area (Å²) in [5, 5.41) is 2.91. The number of hydrogen-bond donors (Lipinski definition) is 1. The minimum absolute atomic E-state index is 0.178. The number of ether oxygens (including phenoxy) is 2. The lowest BCUT2D eigenvalue weighted by Gasteiger charge is -2.41. The van der Waals surface area contributed by atoms with Crippen molar-refractivity contribution in [1.82, 2.24) is 15.1 Å². The normalized spacial score (nSPS) is 23.2. The number of methoxy groups -OCH3 is 2. The van der Waals surface area contributed by atoms with E-state index >= 15 is 0 Å². The third-order valence-electron chi connectivity index (χ3n) is 8.09. The van der Waals surface area contributed by atoms with Crippen molar-refractivity contribution in [3.63, 3.8) is 0 Å². The number of urea groups is 1. The molecule has 2 saturated heterocycles. The number of imide groups is 1. The van der Waals surface area contributed by atoms with Gasteiger partial charge in [0.2, 0.25) is 5.91 Å². The zero-order valence-electron chi connectivity index (χ0n) is 20.9. The van der Waals surface area contributed by atoms with Crippen LogP contribution in [0.2, 0.25) is 0 Å².